The number of ether oxygens (including phenoxy) is 2. The summed E-state index contributed by atoms with van der Waals surface area (Å²) < 4.78 is 16.0. The van der Waals surface area contributed by atoms with Gasteiger partial charge in [0.1, 0.15) is 0 Å². The first kappa shape index (κ1) is 18.4. The molecule has 0 unspecified atom stereocenters. The highest BCUT2D eigenvalue weighted by Crippen LogP contribution is 2.41. The molecule has 0 aliphatic rings. The average molecular weight is 465 g/mol. The number of methoxy groups -OCH3 is 2. The van der Waals surface area contributed by atoms with Crippen molar-refractivity contribution in [2.75, 3.05) is 14.2 Å². The summed E-state index contributed by atoms with van der Waals surface area (Å²) in [6, 6.07) is 17.7. The summed E-state index contributed by atoms with van der Waals surface area (Å²) in [7, 11) is 3.46. The third kappa shape index (κ3) is 2.94. The maximum Gasteiger partial charge on any atom is 0.174 e. The lowest BCUT2D eigenvalue weighted by Crippen LogP contribution is -1.73. The molecule has 0 aliphatic carbocycles. The van der Waals surface area contributed by atoms with Gasteiger partial charge in [-0.05, 0) is 48.6 Å². The molecule has 0 amide bonds. The van der Waals surface area contributed by atoms with E-state index in [4.69, 9.17) is 9.47 Å². The van der Waals surface area contributed by atoms with Gasteiger partial charge in [0, 0.05) is 62.2 Å². The summed E-state index contributed by atoms with van der Waals surface area (Å²) in [6.45, 7) is 0. The number of rotatable bonds is 4. The number of hydrogen-bond acceptors (Lipinski definition) is 6. The molecule has 0 N–H and O–H groups in total. The second-order valence-electron chi connectivity index (χ2n) is 6.95. The minimum absolute atomic E-state index is 0.961. The van der Waals surface area contributed by atoms with Crippen molar-refractivity contribution < 1.29 is 9.47 Å². The Balaban J connectivity index is 1.40. The topological polar surface area (TPSA) is 18.5 Å². The summed E-state index contributed by atoms with van der Waals surface area (Å²) in [5, 5.41) is 7.09. The van der Waals surface area contributed by atoms with E-state index in [9.17, 15) is 0 Å². The fourth-order valence-electron chi connectivity index (χ4n) is 3.78. The molecule has 0 spiro atoms. The van der Waals surface area contributed by atoms with E-state index in [1.54, 1.807) is 36.9 Å². The largest absolute Gasteiger partial charge is 0.487 e. The lowest BCUT2D eigenvalue weighted by atomic mass is 10.1. The van der Waals surface area contributed by atoms with Crippen LogP contribution in [0.5, 0.6) is 10.1 Å². The molecule has 0 radical (unpaired) electrons. The Morgan fingerprint density at radius 3 is 1.30 bits per heavy atom. The quantitative estimate of drug-likeness (QED) is 0.260. The predicted octanol–water partition coefficient (Wildman–Crippen LogP) is 8.73. The van der Waals surface area contributed by atoms with Crippen LogP contribution in [0.2, 0.25) is 0 Å². The van der Waals surface area contributed by atoms with E-state index in [0.29, 0.717) is 0 Å². The first-order chi connectivity index (χ1) is 14.7. The van der Waals surface area contributed by atoms with Crippen molar-refractivity contribution in [3.63, 3.8) is 0 Å². The van der Waals surface area contributed by atoms with Crippen LogP contribution in [0.3, 0.4) is 0 Å². The van der Waals surface area contributed by atoms with Gasteiger partial charge >= 0.3 is 0 Å². The minimum atomic E-state index is 0.961. The van der Waals surface area contributed by atoms with Crippen LogP contribution in [-0.4, -0.2) is 14.2 Å². The Kier molecular flexibility index (Phi) is 4.35. The van der Waals surface area contributed by atoms with Crippen molar-refractivity contribution in [1.29, 1.82) is 0 Å². The first-order valence-electron chi connectivity index (χ1n) is 9.40. The zero-order chi connectivity index (χ0) is 20.2. The Hall–Kier alpha value is -2.38. The smallest absolute Gasteiger partial charge is 0.174 e. The van der Waals surface area contributed by atoms with Gasteiger partial charge in [-0.3, -0.25) is 0 Å². The maximum atomic E-state index is 5.43. The fourth-order valence-corrected chi connectivity index (χ4v) is 7.53. The van der Waals surface area contributed by atoms with Crippen molar-refractivity contribution >= 4 is 97.8 Å². The van der Waals surface area contributed by atoms with Gasteiger partial charge in [0.25, 0.3) is 0 Å². The van der Waals surface area contributed by atoms with Gasteiger partial charge in [0.05, 0.1) is 14.2 Å². The van der Waals surface area contributed by atoms with Crippen molar-refractivity contribution in [1.82, 2.24) is 0 Å². The van der Waals surface area contributed by atoms with E-state index in [1.165, 1.54) is 50.1 Å². The normalized spacial score (nSPS) is 12.2. The molecule has 30 heavy (non-hydrogen) atoms. The van der Waals surface area contributed by atoms with Gasteiger partial charge in [-0.2, -0.15) is 0 Å². The summed E-state index contributed by atoms with van der Waals surface area (Å²) >= 11 is 7.05. The molecular weight excluding hydrogens is 449 g/mol. The van der Waals surface area contributed by atoms with Crippen molar-refractivity contribution in [3.8, 4) is 10.1 Å². The number of hydrogen-bond donors (Lipinski definition) is 0. The molecule has 0 saturated carbocycles. The highest BCUT2D eigenvalue weighted by Gasteiger charge is 2.10. The van der Waals surface area contributed by atoms with Gasteiger partial charge in [-0.1, -0.05) is 22.7 Å². The molecular formula is C24H16O2S4. The van der Waals surface area contributed by atoms with Crippen molar-refractivity contribution in [3.05, 3.63) is 58.3 Å². The van der Waals surface area contributed by atoms with E-state index >= 15 is 0 Å². The zero-order valence-electron chi connectivity index (χ0n) is 16.2. The molecule has 6 rings (SSSR count). The summed E-state index contributed by atoms with van der Waals surface area (Å²) in [4.78, 5) is 2.53. The summed E-state index contributed by atoms with van der Waals surface area (Å²) in [5.74, 6) is 0. The molecule has 0 saturated heterocycles. The van der Waals surface area contributed by atoms with Gasteiger partial charge in [-0.15, -0.1) is 22.7 Å². The minimum Gasteiger partial charge on any atom is -0.487 e. The summed E-state index contributed by atoms with van der Waals surface area (Å²) in [6.07, 6.45) is 4.46. The zero-order valence-corrected chi connectivity index (χ0v) is 19.5. The van der Waals surface area contributed by atoms with Gasteiger partial charge < -0.3 is 9.47 Å². The highest BCUT2D eigenvalue weighted by atomic mass is 32.1. The van der Waals surface area contributed by atoms with Crippen LogP contribution in [0.1, 0.15) is 9.75 Å². The number of thiophene rings is 4. The molecule has 148 valence electrons. The van der Waals surface area contributed by atoms with Crippen LogP contribution < -0.4 is 9.47 Å². The van der Waals surface area contributed by atoms with Crippen LogP contribution in [0.25, 0.3) is 52.5 Å². The highest BCUT2D eigenvalue weighted by molar-refractivity contribution is 7.23. The third-order valence-electron chi connectivity index (χ3n) is 5.20. The Morgan fingerprint density at radius 2 is 0.900 bits per heavy atom. The van der Waals surface area contributed by atoms with E-state index < -0.39 is 0 Å². The van der Waals surface area contributed by atoms with Crippen LogP contribution in [-0.2, 0) is 0 Å². The van der Waals surface area contributed by atoms with Gasteiger partial charge in [-0.25, -0.2) is 0 Å². The Labute approximate surface area is 189 Å². The lowest BCUT2D eigenvalue weighted by molar-refractivity contribution is 0.427. The lowest BCUT2D eigenvalue weighted by Gasteiger charge is -1.90. The molecule has 6 aromatic rings. The fraction of sp³-hybridized carbons (Fsp3) is 0.0833. The van der Waals surface area contributed by atoms with Crippen LogP contribution >= 0.6 is 45.3 Å². The monoisotopic (exact) mass is 464 g/mol. The van der Waals surface area contributed by atoms with Crippen molar-refractivity contribution in [2.24, 2.45) is 0 Å². The van der Waals surface area contributed by atoms with Crippen LogP contribution in [0.15, 0.2) is 48.5 Å². The molecule has 0 aliphatic heterocycles. The average Bonchev–Trinajstić information content (AvgIpc) is 3.53. The van der Waals surface area contributed by atoms with Crippen LogP contribution in [0.4, 0.5) is 0 Å². The molecule has 0 atom stereocenters. The standard InChI is InChI=1S/C24H16O2S4/c1-25-23-11-17-15-9-13(27-19(15)5-7-21(17)29-23)3-4-14-10-16-18-12-24(26-2)30-22(18)8-6-20(16)28-14/h3-12H,1-2H3. The van der Waals surface area contributed by atoms with E-state index in [1.807, 2.05) is 22.7 Å². The van der Waals surface area contributed by atoms with Crippen LogP contribution in [0, 0.1) is 0 Å². The van der Waals surface area contributed by atoms with Gasteiger partial charge in [0.2, 0.25) is 0 Å². The second kappa shape index (κ2) is 7.10. The molecule has 0 fully saturated rings. The van der Waals surface area contributed by atoms with E-state index in [0.717, 1.165) is 10.1 Å². The Morgan fingerprint density at radius 1 is 0.533 bits per heavy atom. The molecule has 0 bridgehead atoms. The number of fused-ring (bicyclic) bond motifs is 6. The van der Waals surface area contributed by atoms with E-state index in [-0.39, 0.29) is 0 Å². The van der Waals surface area contributed by atoms with Gasteiger partial charge in [0.15, 0.2) is 10.1 Å². The SMILES string of the molecule is COc1cc2c(ccc3sc(C=Cc4cc5c(ccc6sc(OC)cc65)s4)cc32)s1. The second-order valence-corrected chi connectivity index (χ2v) is 11.3. The molecule has 2 nitrogen and oxygen atoms in total. The molecule has 4 heterocycles. The first-order valence-corrected chi connectivity index (χ1v) is 12.7. The van der Waals surface area contributed by atoms with E-state index in [2.05, 4.69) is 60.7 Å². The Bertz CT molecular complexity index is 1460. The maximum absolute atomic E-state index is 5.43. The molecule has 4 aromatic heterocycles. The predicted molar refractivity (Wildman–Crippen MR) is 136 cm³/mol. The van der Waals surface area contributed by atoms with Crippen molar-refractivity contribution in [2.45, 2.75) is 0 Å². The summed E-state index contributed by atoms with van der Waals surface area (Å²) in [5.41, 5.74) is 0. The third-order valence-corrected chi connectivity index (χ3v) is 9.46. The molecule has 2 aromatic carbocycles. The number of benzene rings is 2. The molecule has 6 heteroatoms.